The average molecular weight is 97.1 g/mol. The Labute approximate surface area is 40.8 Å². The van der Waals surface area contributed by atoms with E-state index in [1.54, 1.807) is 18.0 Å². The average Bonchev–Trinajstić information content (AvgIpc) is 1.72. The Balaban J connectivity index is 2.58. The van der Waals surface area contributed by atoms with Crippen LogP contribution in [0.3, 0.4) is 0 Å². The zero-order valence-corrected chi connectivity index (χ0v) is 3.96. The molecule has 0 unspecified atom stereocenters. The molecule has 1 aliphatic rings. The topological polar surface area (TPSA) is 12.4 Å². The van der Waals surface area contributed by atoms with Gasteiger partial charge < -0.3 is 0 Å². The highest BCUT2D eigenvalue weighted by Crippen LogP contribution is 1.94. The van der Waals surface area contributed by atoms with E-state index >= 15 is 0 Å². The summed E-state index contributed by atoms with van der Waals surface area (Å²) in [6.45, 7) is 0. The van der Waals surface area contributed by atoms with Gasteiger partial charge in [0.25, 0.3) is 0 Å². The van der Waals surface area contributed by atoms with Crippen LogP contribution in [0, 0.1) is 11.3 Å². The second kappa shape index (κ2) is 1.89. The van der Waals surface area contributed by atoms with E-state index in [1.807, 2.05) is 0 Å². The quantitative estimate of drug-likeness (QED) is 0.406. The van der Waals surface area contributed by atoms with Crippen molar-refractivity contribution in [3.8, 4) is 11.3 Å². The minimum absolute atomic E-state index is 0.951. The third-order valence-corrected chi connectivity index (χ3v) is 0.983. The molecule has 0 aliphatic carbocycles. The Morgan fingerprint density at radius 2 is 2.83 bits per heavy atom. The van der Waals surface area contributed by atoms with E-state index in [-0.39, 0.29) is 0 Å². The van der Waals surface area contributed by atoms with Gasteiger partial charge in [-0.1, -0.05) is 11.8 Å². The highest BCUT2D eigenvalue weighted by atomic mass is 32.2. The Morgan fingerprint density at radius 1 is 1.83 bits per heavy atom. The molecule has 1 heterocycles. The summed E-state index contributed by atoms with van der Waals surface area (Å²) >= 11 is 1.58. The van der Waals surface area contributed by atoms with Crippen LogP contribution in [0.1, 0.15) is 0 Å². The third-order valence-electron chi connectivity index (χ3n) is 0.432. The lowest BCUT2D eigenvalue weighted by molar-refractivity contribution is 1.69. The fourth-order valence-electron chi connectivity index (χ4n) is 0.220. The molecule has 0 bridgehead atoms. The van der Waals surface area contributed by atoms with E-state index in [4.69, 9.17) is 0 Å². The monoisotopic (exact) mass is 97.0 g/mol. The molecule has 0 saturated heterocycles. The maximum absolute atomic E-state index is 3.67. The molecular weight excluding hydrogens is 94.1 g/mol. The van der Waals surface area contributed by atoms with E-state index in [2.05, 4.69) is 16.3 Å². The minimum Gasteiger partial charge on any atom is -0.209 e. The van der Waals surface area contributed by atoms with E-state index in [0.717, 1.165) is 5.75 Å². The van der Waals surface area contributed by atoms with Gasteiger partial charge in [0.15, 0.2) is 0 Å². The lowest BCUT2D eigenvalue weighted by Crippen LogP contribution is -1.78. The third kappa shape index (κ3) is 0.765. The Kier molecular flexibility index (Phi) is 1.18. The van der Waals surface area contributed by atoms with Gasteiger partial charge in [-0.15, -0.1) is 0 Å². The smallest absolute Gasteiger partial charge is 0.0456 e. The van der Waals surface area contributed by atoms with Crippen LogP contribution in [0.15, 0.2) is 4.99 Å². The van der Waals surface area contributed by atoms with Crippen molar-refractivity contribution >= 4 is 18.0 Å². The van der Waals surface area contributed by atoms with Crippen LogP contribution in [0.5, 0.6) is 0 Å². The lowest BCUT2D eigenvalue weighted by atomic mass is 10.8. The van der Waals surface area contributed by atoms with Crippen LogP contribution in [0.2, 0.25) is 0 Å². The van der Waals surface area contributed by atoms with Crippen molar-refractivity contribution in [1.29, 1.82) is 0 Å². The largest absolute Gasteiger partial charge is 0.209 e. The molecule has 1 rings (SSSR count). The first-order valence-electron chi connectivity index (χ1n) is 1.63. The molecule has 0 amide bonds. The summed E-state index contributed by atoms with van der Waals surface area (Å²) < 4.78 is 0. The molecule has 0 N–H and O–H groups in total. The van der Waals surface area contributed by atoms with Crippen molar-refractivity contribution < 1.29 is 0 Å². The van der Waals surface area contributed by atoms with Crippen molar-refractivity contribution in [2.75, 3.05) is 5.75 Å². The number of nitrogens with zero attached hydrogens (tertiary/aromatic N) is 1. The second-order valence-corrected chi connectivity index (χ2v) is 1.66. The van der Waals surface area contributed by atoms with E-state index in [9.17, 15) is 0 Å². The standard InChI is InChI=1S/C4H3NS/c1-3-6-4-2-5-1/h1H,3H2. The number of hydrogen-bond donors (Lipinski definition) is 0. The van der Waals surface area contributed by atoms with Crippen molar-refractivity contribution in [3.05, 3.63) is 0 Å². The summed E-state index contributed by atoms with van der Waals surface area (Å²) in [5.41, 5.74) is 0. The molecule has 0 radical (unpaired) electrons. The van der Waals surface area contributed by atoms with Gasteiger partial charge in [0.05, 0.1) is 0 Å². The minimum atomic E-state index is 0.951. The molecule has 0 fully saturated rings. The van der Waals surface area contributed by atoms with Gasteiger partial charge in [-0.2, -0.15) is 0 Å². The SMILES string of the molecule is C1#CSCC=N1. The van der Waals surface area contributed by atoms with Gasteiger partial charge in [-0.3, -0.25) is 0 Å². The van der Waals surface area contributed by atoms with Crippen LogP contribution >= 0.6 is 11.8 Å². The Hall–Kier alpha value is -0.420. The van der Waals surface area contributed by atoms with E-state index < -0.39 is 0 Å². The van der Waals surface area contributed by atoms with Crippen LogP contribution in [0.4, 0.5) is 0 Å². The van der Waals surface area contributed by atoms with Crippen LogP contribution in [-0.2, 0) is 0 Å². The first kappa shape index (κ1) is 3.76. The van der Waals surface area contributed by atoms with Gasteiger partial charge in [-0.25, -0.2) is 4.99 Å². The first-order valence-corrected chi connectivity index (χ1v) is 2.62. The van der Waals surface area contributed by atoms with Crippen LogP contribution < -0.4 is 0 Å². The molecule has 0 aromatic heterocycles. The summed E-state index contributed by atoms with van der Waals surface area (Å²) in [6.07, 6.45) is 1.81. The van der Waals surface area contributed by atoms with Gasteiger partial charge in [0.1, 0.15) is 0 Å². The highest BCUT2D eigenvalue weighted by Gasteiger charge is 1.78. The van der Waals surface area contributed by atoms with Crippen molar-refractivity contribution in [1.82, 2.24) is 0 Å². The molecule has 2 heteroatoms. The molecule has 0 aromatic rings. The Bertz CT molecular complexity index is 117. The highest BCUT2D eigenvalue weighted by molar-refractivity contribution is 8.04. The van der Waals surface area contributed by atoms with E-state index in [1.165, 1.54) is 0 Å². The molecule has 0 saturated carbocycles. The molecule has 1 aliphatic heterocycles. The predicted molar refractivity (Wildman–Crippen MR) is 28.7 cm³/mol. The van der Waals surface area contributed by atoms with Gasteiger partial charge >= 0.3 is 0 Å². The summed E-state index contributed by atoms with van der Waals surface area (Å²) in [5.74, 6) is 0.951. The maximum atomic E-state index is 3.67. The zero-order chi connectivity index (χ0) is 4.24. The van der Waals surface area contributed by atoms with Crippen molar-refractivity contribution in [2.24, 2.45) is 4.99 Å². The Morgan fingerprint density at radius 3 is 3.00 bits per heavy atom. The molecule has 0 aromatic carbocycles. The fourth-order valence-corrected chi connectivity index (χ4v) is 0.570. The molecule has 30 valence electrons. The van der Waals surface area contributed by atoms with Crippen molar-refractivity contribution in [3.63, 3.8) is 0 Å². The van der Waals surface area contributed by atoms with Crippen molar-refractivity contribution in [2.45, 2.75) is 0 Å². The van der Waals surface area contributed by atoms with E-state index in [0.29, 0.717) is 0 Å². The summed E-state index contributed by atoms with van der Waals surface area (Å²) in [5, 5.41) is 2.75. The second-order valence-electron chi connectivity index (χ2n) is 0.837. The molecule has 1 nitrogen and oxygen atoms in total. The van der Waals surface area contributed by atoms with Gasteiger partial charge in [-0.05, 0) is 5.25 Å². The normalized spacial score (nSPS) is 16.0. The molecule has 6 heavy (non-hydrogen) atoms. The molecular formula is C4H3NS. The first-order chi connectivity index (χ1) is 3.00. The van der Waals surface area contributed by atoms with Gasteiger partial charge in [0.2, 0.25) is 0 Å². The number of rotatable bonds is 0. The lowest BCUT2D eigenvalue weighted by Gasteiger charge is -1.81. The molecule has 0 spiro atoms. The summed E-state index contributed by atoms with van der Waals surface area (Å²) in [6, 6.07) is 2.57. The zero-order valence-electron chi connectivity index (χ0n) is 3.14. The van der Waals surface area contributed by atoms with Crippen LogP contribution in [-0.4, -0.2) is 12.0 Å². The van der Waals surface area contributed by atoms with Gasteiger partial charge in [0, 0.05) is 18.0 Å². The number of aliphatic imine (C=N–C) groups is 1. The number of thioether (sulfide) groups is 1. The molecule has 0 atom stereocenters. The van der Waals surface area contributed by atoms with Crippen LogP contribution in [0.25, 0.3) is 0 Å². The fraction of sp³-hybridized carbons (Fsp3) is 0.250. The summed E-state index contributed by atoms with van der Waals surface area (Å²) in [7, 11) is 0. The maximum Gasteiger partial charge on any atom is 0.0456 e. The predicted octanol–water partition coefficient (Wildman–Crippen LogP) is 0.722. The number of hydrogen-bond acceptors (Lipinski definition) is 2. The summed E-state index contributed by atoms with van der Waals surface area (Å²) in [4.78, 5) is 3.67.